The van der Waals surface area contributed by atoms with Gasteiger partial charge in [-0.25, -0.2) is 0 Å². The van der Waals surface area contributed by atoms with Gasteiger partial charge in [-0.05, 0) is 31.3 Å². The topological polar surface area (TPSA) is 68.2 Å². The van der Waals surface area contributed by atoms with Crippen LogP contribution in [0, 0.1) is 0 Å². The van der Waals surface area contributed by atoms with E-state index in [1.807, 2.05) is 4.90 Å². The van der Waals surface area contributed by atoms with Gasteiger partial charge in [0.05, 0.1) is 0 Å². The SMILES string of the molecule is CC(N)(c1nc(N2CCCCC2)no1)C(F)(F)F. The average molecular weight is 264 g/mol. The van der Waals surface area contributed by atoms with Gasteiger partial charge in [-0.2, -0.15) is 18.2 Å². The third-order valence-electron chi connectivity index (χ3n) is 3.09. The van der Waals surface area contributed by atoms with E-state index in [0.29, 0.717) is 0 Å². The third-order valence-corrected chi connectivity index (χ3v) is 3.09. The molecule has 18 heavy (non-hydrogen) atoms. The lowest BCUT2D eigenvalue weighted by atomic mass is 10.0. The van der Waals surface area contributed by atoms with Gasteiger partial charge in [-0.1, -0.05) is 0 Å². The van der Waals surface area contributed by atoms with Crippen LogP contribution in [0.4, 0.5) is 19.1 Å². The highest BCUT2D eigenvalue weighted by atomic mass is 19.4. The maximum absolute atomic E-state index is 12.7. The van der Waals surface area contributed by atoms with E-state index in [0.717, 1.165) is 39.3 Å². The number of hydrogen-bond acceptors (Lipinski definition) is 5. The molecule has 1 unspecified atom stereocenters. The summed E-state index contributed by atoms with van der Waals surface area (Å²) in [4.78, 5) is 5.58. The Kier molecular flexibility index (Phi) is 3.22. The number of piperidine rings is 1. The Labute approximate surface area is 102 Å². The van der Waals surface area contributed by atoms with Crippen LogP contribution in [0.2, 0.25) is 0 Å². The zero-order chi connectivity index (χ0) is 13.4. The van der Waals surface area contributed by atoms with Crippen molar-refractivity contribution in [1.82, 2.24) is 10.1 Å². The maximum atomic E-state index is 12.7. The van der Waals surface area contributed by atoms with E-state index >= 15 is 0 Å². The lowest BCUT2D eigenvalue weighted by Crippen LogP contribution is -2.48. The highest BCUT2D eigenvalue weighted by Gasteiger charge is 2.53. The van der Waals surface area contributed by atoms with Gasteiger partial charge < -0.3 is 15.2 Å². The number of nitrogens with two attached hydrogens (primary N) is 1. The van der Waals surface area contributed by atoms with Gasteiger partial charge in [0.15, 0.2) is 5.54 Å². The van der Waals surface area contributed by atoms with Crippen molar-refractivity contribution in [3.63, 3.8) is 0 Å². The highest BCUT2D eigenvalue weighted by molar-refractivity contribution is 5.29. The quantitative estimate of drug-likeness (QED) is 0.882. The molecule has 2 N–H and O–H groups in total. The molecule has 8 heteroatoms. The van der Waals surface area contributed by atoms with Gasteiger partial charge in [0.2, 0.25) is 0 Å². The molecule has 0 aromatic carbocycles. The summed E-state index contributed by atoms with van der Waals surface area (Å²) < 4.78 is 42.8. The molecule has 1 atom stereocenters. The van der Waals surface area contributed by atoms with Crippen LogP contribution < -0.4 is 10.6 Å². The van der Waals surface area contributed by atoms with E-state index in [2.05, 4.69) is 14.7 Å². The van der Waals surface area contributed by atoms with E-state index in [4.69, 9.17) is 5.73 Å². The van der Waals surface area contributed by atoms with Gasteiger partial charge in [-0.15, -0.1) is 0 Å². The first-order valence-electron chi connectivity index (χ1n) is 5.77. The zero-order valence-corrected chi connectivity index (χ0v) is 10.00. The van der Waals surface area contributed by atoms with Crippen LogP contribution in [0.25, 0.3) is 0 Å². The maximum Gasteiger partial charge on any atom is 0.415 e. The normalized spacial score (nSPS) is 20.8. The molecule has 0 radical (unpaired) electrons. The van der Waals surface area contributed by atoms with Gasteiger partial charge in [0.25, 0.3) is 11.8 Å². The van der Waals surface area contributed by atoms with Crippen molar-refractivity contribution in [2.45, 2.75) is 37.9 Å². The van der Waals surface area contributed by atoms with E-state index in [-0.39, 0.29) is 5.95 Å². The van der Waals surface area contributed by atoms with Crippen LogP contribution in [0.1, 0.15) is 32.1 Å². The smallest absolute Gasteiger partial charge is 0.338 e. The molecule has 102 valence electrons. The summed E-state index contributed by atoms with van der Waals surface area (Å²) in [7, 11) is 0. The second-order valence-electron chi connectivity index (χ2n) is 4.65. The highest BCUT2D eigenvalue weighted by Crippen LogP contribution is 2.36. The molecule has 0 amide bonds. The number of nitrogens with zero attached hydrogens (tertiary/aromatic N) is 3. The second kappa shape index (κ2) is 4.42. The number of anilines is 1. The molecule has 1 aliphatic rings. The Bertz CT molecular complexity index is 410. The molecule has 0 spiro atoms. The fourth-order valence-electron chi connectivity index (χ4n) is 1.77. The van der Waals surface area contributed by atoms with Gasteiger partial charge in [0, 0.05) is 13.1 Å². The van der Waals surface area contributed by atoms with Crippen molar-refractivity contribution in [2.24, 2.45) is 5.73 Å². The van der Waals surface area contributed by atoms with Crippen molar-refractivity contribution < 1.29 is 17.7 Å². The van der Waals surface area contributed by atoms with Crippen LogP contribution >= 0.6 is 0 Å². The molecule has 1 saturated heterocycles. The molecular formula is C10H15F3N4O. The summed E-state index contributed by atoms with van der Waals surface area (Å²) in [5.41, 5.74) is 2.60. The first kappa shape index (κ1) is 13.1. The largest absolute Gasteiger partial charge is 0.415 e. The van der Waals surface area contributed by atoms with Crippen molar-refractivity contribution in [1.29, 1.82) is 0 Å². The molecule has 1 aromatic rings. The number of hydrogen-bond donors (Lipinski definition) is 1. The molecule has 1 aromatic heterocycles. The van der Waals surface area contributed by atoms with Crippen molar-refractivity contribution in [2.75, 3.05) is 18.0 Å². The fourth-order valence-corrected chi connectivity index (χ4v) is 1.77. The van der Waals surface area contributed by atoms with Crippen molar-refractivity contribution in [3.8, 4) is 0 Å². The minimum Gasteiger partial charge on any atom is -0.338 e. The molecule has 0 aliphatic carbocycles. The summed E-state index contributed by atoms with van der Waals surface area (Å²) in [5.74, 6) is -0.416. The summed E-state index contributed by atoms with van der Waals surface area (Å²) >= 11 is 0. The number of alkyl halides is 3. The van der Waals surface area contributed by atoms with Crippen molar-refractivity contribution >= 4 is 5.95 Å². The lowest BCUT2D eigenvalue weighted by Gasteiger charge is -2.25. The molecular weight excluding hydrogens is 249 g/mol. The predicted octanol–water partition coefficient (Wildman–Crippen LogP) is 1.80. The summed E-state index contributed by atoms with van der Waals surface area (Å²) in [6, 6.07) is 0. The van der Waals surface area contributed by atoms with E-state index in [1.165, 1.54) is 0 Å². The van der Waals surface area contributed by atoms with Crippen LogP contribution in [-0.4, -0.2) is 29.4 Å². The van der Waals surface area contributed by atoms with E-state index < -0.39 is 17.6 Å². The molecule has 5 nitrogen and oxygen atoms in total. The molecule has 0 saturated carbocycles. The monoisotopic (exact) mass is 264 g/mol. The minimum absolute atomic E-state index is 0.186. The fraction of sp³-hybridized carbons (Fsp3) is 0.800. The Hall–Kier alpha value is -1.31. The average Bonchev–Trinajstić information content (AvgIpc) is 2.78. The molecule has 1 fully saturated rings. The van der Waals surface area contributed by atoms with Crippen LogP contribution in [0.15, 0.2) is 4.52 Å². The first-order valence-corrected chi connectivity index (χ1v) is 5.77. The molecule has 2 rings (SSSR count). The zero-order valence-electron chi connectivity index (χ0n) is 10.00. The second-order valence-corrected chi connectivity index (χ2v) is 4.65. The van der Waals surface area contributed by atoms with E-state index in [9.17, 15) is 13.2 Å². The van der Waals surface area contributed by atoms with Gasteiger partial charge in [0.1, 0.15) is 0 Å². The predicted molar refractivity (Wildman–Crippen MR) is 58.0 cm³/mol. The standard InChI is InChI=1S/C10H15F3N4O/c1-9(14,10(11,12)13)7-15-8(16-18-7)17-5-3-2-4-6-17/h2-6,14H2,1H3. The van der Waals surface area contributed by atoms with Gasteiger partial charge >= 0.3 is 6.18 Å². The van der Waals surface area contributed by atoms with Crippen LogP contribution in [0.5, 0.6) is 0 Å². The summed E-state index contributed by atoms with van der Waals surface area (Å²) in [6.45, 7) is 2.28. The van der Waals surface area contributed by atoms with Crippen molar-refractivity contribution in [3.05, 3.63) is 5.89 Å². The molecule has 2 heterocycles. The Morgan fingerprint density at radius 1 is 1.22 bits per heavy atom. The summed E-state index contributed by atoms with van der Waals surface area (Å²) in [5, 5.41) is 3.58. The molecule has 1 aliphatic heterocycles. The van der Waals surface area contributed by atoms with Gasteiger partial charge in [-0.3, -0.25) is 0 Å². The van der Waals surface area contributed by atoms with Crippen LogP contribution in [0.3, 0.4) is 0 Å². The lowest BCUT2D eigenvalue weighted by molar-refractivity contribution is -0.190. The van der Waals surface area contributed by atoms with E-state index in [1.54, 1.807) is 0 Å². The Balaban J connectivity index is 2.19. The Morgan fingerprint density at radius 2 is 1.83 bits per heavy atom. The summed E-state index contributed by atoms with van der Waals surface area (Å²) in [6.07, 6.45) is -1.57. The number of halogens is 3. The number of aromatic nitrogens is 2. The minimum atomic E-state index is -4.63. The Morgan fingerprint density at radius 3 is 2.39 bits per heavy atom. The molecule has 0 bridgehead atoms. The third kappa shape index (κ3) is 2.29. The number of rotatable bonds is 2. The first-order chi connectivity index (χ1) is 8.32. The van der Waals surface area contributed by atoms with Crippen LogP contribution in [-0.2, 0) is 5.54 Å².